The number of hydrogen-bond donors (Lipinski definition) is 2. The van der Waals surface area contributed by atoms with E-state index in [0.29, 0.717) is 6.42 Å². The molecular formula is C7H12ClN3O2. The van der Waals surface area contributed by atoms with Crippen LogP contribution in [0.2, 0.25) is 0 Å². The first kappa shape index (κ1) is 11.9. The molecule has 1 aromatic rings. The Hall–Kier alpha value is -1.07. The predicted molar refractivity (Wildman–Crippen MR) is 49.5 cm³/mol. The zero-order chi connectivity index (χ0) is 8.97. The number of nitrogens with two attached hydrogens (primary N) is 1. The summed E-state index contributed by atoms with van der Waals surface area (Å²) in [5.74, 6) is -0.412. The average molecular weight is 206 g/mol. The topological polar surface area (TPSA) is 81.0 Å². The number of ether oxygens (including phenoxy) is 1. The van der Waals surface area contributed by atoms with Gasteiger partial charge in [0.2, 0.25) is 0 Å². The second kappa shape index (κ2) is 5.55. The van der Waals surface area contributed by atoms with Crippen LogP contribution in [0, 0.1) is 0 Å². The SMILES string of the molecule is COC(=O)[C@@H](N)Cc1cnc[nH]1.Cl. The van der Waals surface area contributed by atoms with Crippen LogP contribution in [0.3, 0.4) is 0 Å². The quantitative estimate of drug-likeness (QED) is 0.674. The molecule has 74 valence electrons. The van der Waals surface area contributed by atoms with E-state index >= 15 is 0 Å². The first-order valence-corrected chi connectivity index (χ1v) is 3.54. The van der Waals surface area contributed by atoms with E-state index in [-0.39, 0.29) is 12.4 Å². The summed E-state index contributed by atoms with van der Waals surface area (Å²) in [6.07, 6.45) is 3.59. The molecule has 1 rings (SSSR count). The van der Waals surface area contributed by atoms with Crippen LogP contribution < -0.4 is 5.73 Å². The molecule has 0 aliphatic heterocycles. The highest BCUT2D eigenvalue weighted by Gasteiger charge is 2.14. The number of imidazole rings is 1. The average Bonchev–Trinajstić information content (AvgIpc) is 2.55. The molecule has 0 aliphatic carbocycles. The molecule has 13 heavy (non-hydrogen) atoms. The zero-order valence-corrected chi connectivity index (χ0v) is 8.00. The molecule has 1 aromatic heterocycles. The summed E-state index contributed by atoms with van der Waals surface area (Å²) in [7, 11) is 1.31. The lowest BCUT2D eigenvalue weighted by Crippen LogP contribution is -2.33. The first-order valence-electron chi connectivity index (χ1n) is 3.54. The number of methoxy groups -OCH3 is 1. The number of aromatic amines is 1. The Bertz CT molecular complexity index is 250. The maximum absolute atomic E-state index is 10.9. The van der Waals surface area contributed by atoms with Gasteiger partial charge in [0.1, 0.15) is 6.04 Å². The van der Waals surface area contributed by atoms with Crippen LogP contribution >= 0.6 is 12.4 Å². The lowest BCUT2D eigenvalue weighted by Gasteiger charge is -2.06. The molecular weight excluding hydrogens is 194 g/mol. The Labute approximate surface area is 82.1 Å². The van der Waals surface area contributed by atoms with Crippen molar-refractivity contribution in [2.24, 2.45) is 5.73 Å². The van der Waals surface area contributed by atoms with E-state index in [0.717, 1.165) is 5.69 Å². The molecule has 0 radical (unpaired) electrons. The maximum Gasteiger partial charge on any atom is 0.323 e. The Balaban J connectivity index is 0.00000144. The summed E-state index contributed by atoms with van der Waals surface area (Å²) in [4.78, 5) is 17.5. The van der Waals surface area contributed by atoms with Gasteiger partial charge in [0, 0.05) is 18.3 Å². The van der Waals surface area contributed by atoms with Gasteiger partial charge in [-0.3, -0.25) is 4.79 Å². The monoisotopic (exact) mass is 205 g/mol. The molecule has 0 bridgehead atoms. The fourth-order valence-corrected chi connectivity index (χ4v) is 0.868. The van der Waals surface area contributed by atoms with Crippen molar-refractivity contribution in [3.05, 3.63) is 18.2 Å². The van der Waals surface area contributed by atoms with E-state index in [1.165, 1.54) is 7.11 Å². The third-order valence-electron chi connectivity index (χ3n) is 1.50. The third kappa shape index (κ3) is 3.43. The van der Waals surface area contributed by atoms with Gasteiger partial charge in [-0.25, -0.2) is 4.98 Å². The number of esters is 1. The Morgan fingerprint density at radius 3 is 3.00 bits per heavy atom. The van der Waals surface area contributed by atoms with Crippen molar-refractivity contribution in [2.45, 2.75) is 12.5 Å². The number of H-pyrrole nitrogens is 1. The van der Waals surface area contributed by atoms with Crippen molar-refractivity contribution >= 4 is 18.4 Å². The minimum absolute atomic E-state index is 0. The van der Waals surface area contributed by atoms with E-state index in [9.17, 15) is 4.79 Å². The van der Waals surface area contributed by atoms with Gasteiger partial charge in [-0.2, -0.15) is 0 Å². The second-order valence-corrected chi connectivity index (χ2v) is 2.41. The van der Waals surface area contributed by atoms with Crippen LogP contribution in [0.4, 0.5) is 0 Å². The van der Waals surface area contributed by atoms with Crippen molar-refractivity contribution in [1.82, 2.24) is 9.97 Å². The maximum atomic E-state index is 10.9. The van der Waals surface area contributed by atoms with Crippen molar-refractivity contribution in [1.29, 1.82) is 0 Å². The fraction of sp³-hybridized carbons (Fsp3) is 0.429. The molecule has 0 aromatic carbocycles. The molecule has 6 heteroatoms. The highest BCUT2D eigenvalue weighted by Crippen LogP contribution is 1.96. The number of nitrogens with zero attached hydrogens (tertiary/aromatic N) is 1. The summed E-state index contributed by atoms with van der Waals surface area (Å²) in [5.41, 5.74) is 6.32. The summed E-state index contributed by atoms with van der Waals surface area (Å²) in [6.45, 7) is 0. The van der Waals surface area contributed by atoms with Gasteiger partial charge in [-0.05, 0) is 0 Å². The minimum Gasteiger partial charge on any atom is -0.468 e. The normalized spacial score (nSPS) is 11.5. The first-order chi connectivity index (χ1) is 5.74. The van der Waals surface area contributed by atoms with E-state index in [4.69, 9.17) is 5.73 Å². The highest BCUT2D eigenvalue weighted by atomic mass is 35.5. The van der Waals surface area contributed by atoms with Crippen molar-refractivity contribution < 1.29 is 9.53 Å². The number of carbonyl (C=O) groups excluding carboxylic acids is 1. The summed E-state index contributed by atoms with van der Waals surface area (Å²) >= 11 is 0. The van der Waals surface area contributed by atoms with Crippen LogP contribution in [0.15, 0.2) is 12.5 Å². The molecule has 0 amide bonds. The number of rotatable bonds is 3. The molecule has 0 saturated heterocycles. The Morgan fingerprint density at radius 2 is 2.54 bits per heavy atom. The smallest absolute Gasteiger partial charge is 0.323 e. The van der Waals surface area contributed by atoms with E-state index in [2.05, 4.69) is 14.7 Å². The number of nitrogens with one attached hydrogen (secondary N) is 1. The summed E-state index contributed by atoms with van der Waals surface area (Å²) in [6, 6.07) is -0.615. The van der Waals surface area contributed by atoms with Crippen LogP contribution in [-0.4, -0.2) is 29.1 Å². The molecule has 0 spiro atoms. The molecule has 0 fully saturated rings. The standard InChI is InChI=1S/C7H11N3O2.ClH/c1-12-7(11)6(8)2-5-3-9-4-10-5;/h3-4,6H,2,8H2,1H3,(H,9,10);1H/t6-;/m0./s1. The minimum atomic E-state index is -0.615. The Morgan fingerprint density at radius 1 is 1.85 bits per heavy atom. The largest absolute Gasteiger partial charge is 0.468 e. The zero-order valence-electron chi connectivity index (χ0n) is 7.19. The van der Waals surface area contributed by atoms with Gasteiger partial charge in [0.05, 0.1) is 13.4 Å². The van der Waals surface area contributed by atoms with Gasteiger partial charge in [0.25, 0.3) is 0 Å². The van der Waals surface area contributed by atoms with Crippen molar-refractivity contribution in [3.63, 3.8) is 0 Å². The van der Waals surface area contributed by atoms with Crippen molar-refractivity contribution in [2.75, 3.05) is 7.11 Å². The number of carbonyl (C=O) groups is 1. The van der Waals surface area contributed by atoms with Gasteiger partial charge in [-0.15, -0.1) is 12.4 Å². The van der Waals surface area contributed by atoms with Crippen LogP contribution in [0.5, 0.6) is 0 Å². The van der Waals surface area contributed by atoms with E-state index in [1.54, 1.807) is 12.5 Å². The summed E-state index contributed by atoms with van der Waals surface area (Å²) in [5, 5.41) is 0. The lowest BCUT2D eigenvalue weighted by molar-refractivity contribution is -0.142. The molecule has 0 unspecified atom stereocenters. The molecule has 5 nitrogen and oxygen atoms in total. The Kier molecular flexibility index (Phi) is 5.10. The fourth-order valence-electron chi connectivity index (χ4n) is 0.868. The van der Waals surface area contributed by atoms with E-state index < -0.39 is 12.0 Å². The number of aromatic nitrogens is 2. The van der Waals surface area contributed by atoms with Crippen LogP contribution in [0.25, 0.3) is 0 Å². The second-order valence-electron chi connectivity index (χ2n) is 2.41. The molecule has 3 N–H and O–H groups in total. The van der Waals surface area contributed by atoms with Crippen LogP contribution in [-0.2, 0) is 16.0 Å². The third-order valence-corrected chi connectivity index (χ3v) is 1.50. The summed E-state index contributed by atoms with van der Waals surface area (Å²) < 4.78 is 4.46. The predicted octanol–water partition coefficient (Wildman–Crippen LogP) is -0.126. The lowest BCUT2D eigenvalue weighted by atomic mass is 10.2. The molecule has 0 aliphatic rings. The van der Waals surface area contributed by atoms with Crippen molar-refractivity contribution in [3.8, 4) is 0 Å². The molecule has 1 atom stereocenters. The number of halogens is 1. The van der Waals surface area contributed by atoms with Crippen LogP contribution in [0.1, 0.15) is 5.69 Å². The van der Waals surface area contributed by atoms with E-state index in [1.807, 2.05) is 0 Å². The van der Waals surface area contributed by atoms with Gasteiger partial charge in [0.15, 0.2) is 0 Å². The number of hydrogen-bond acceptors (Lipinski definition) is 4. The molecule has 1 heterocycles. The van der Waals surface area contributed by atoms with Gasteiger partial charge < -0.3 is 15.5 Å². The molecule has 0 saturated carbocycles. The van der Waals surface area contributed by atoms with Gasteiger partial charge >= 0.3 is 5.97 Å². The highest BCUT2D eigenvalue weighted by molar-refractivity contribution is 5.85. The van der Waals surface area contributed by atoms with Gasteiger partial charge in [-0.1, -0.05) is 0 Å².